The van der Waals surface area contributed by atoms with E-state index < -0.39 is 0 Å². The summed E-state index contributed by atoms with van der Waals surface area (Å²) in [6.07, 6.45) is 4.62. The van der Waals surface area contributed by atoms with Gasteiger partial charge in [0, 0.05) is 23.9 Å². The van der Waals surface area contributed by atoms with Crippen LogP contribution >= 0.6 is 35.3 Å². The largest absolute Gasteiger partial charge is 0.492 e. The first-order valence-electron chi connectivity index (χ1n) is 7.50. The molecule has 0 spiro atoms. The molecule has 0 saturated carbocycles. The van der Waals surface area contributed by atoms with Gasteiger partial charge >= 0.3 is 0 Å². The Morgan fingerprint density at radius 2 is 2.10 bits per heavy atom. The van der Waals surface area contributed by atoms with E-state index in [0.717, 1.165) is 23.7 Å². The minimum Gasteiger partial charge on any atom is -0.492 e. The Labute approximate surface area is 142 Å². The molecule has 1 heterocycles. The molecule has 21 heavy (non-hydrogen) atoms. The average molecular weight is 346 g/mol. The van der Waals surface area contributed by atoms with E-state index in [2.05, 4.69) is 35.7 Å². The number of hydrogen-bond acceptors (Lipinski definition) is 4. The number of halogens is 1. The number of alkyl halides is 1. The first-order valence-corrected chi connectivity index (χ1v) is 10.2. The Morgan fingerprint density at radius 1 is 1.33 bits per heavy atom. The molecular weight excluding hydrogens is 322 g/mol. The van der Waals surface area contributed by atoms with Gasteiger partial charge in [-0.2, -0.15) is 0 Å². The van der Waals surface area contributed by atoms with Gasteiger partial charge in [0.05, 0.1) is 6.61 Å². The zero-order chi connectivity index (χ0) is 15.1. The van der Waals surface area contributed by atoms with Gasteiger partial charge in [0.1, 0.15) is 5.75 Å². The SMILES string of the molecule is CCSc1cc(CCl)ccc1OCC1CCN(SC)CC1. The van der Waals surface area contributed by atoms with Crippen LogP contribution in [-0.2, 0) is 5.88 Å². The van der Waals surface area contributed by atoms with Crippen LogP contribution in [0.25, 0.3) is 0 Å². The van der Waals surface area contributed by atoms with E-state index in [9.17, 15) is 0 Å². The predicted molar refractivity (Wildman–Crippen MR) is 95.7 cm³/mol. The first-order chi connectivity index (χ1) is 10.3. The average Bonchev–Trinajstić information content (AvgIpc) is 2.54. The highest BCUT2D eigenvalue weighted by Gasteiger charge is 2.19. The maximum atomic E-state index is 6.11. The molecule has 2 nitrogen and oxygen atoms in total. The monoisotopic (exact) mass is 345 g/mol. The fourth-order valence-electron chi connectivity index (χ4n) is 2.49. The van der Waals surface area contributed by atoms with Crippen molar-refractivity contribution in [1.82, 2.24) is 4.31 Å². The fourth-order valence-corrected chi connectivity index (χ4v) is 4.05. The van der Waals surface area contributed by atoms with Crippen molar-refractivity contribution in [2.75, 3.05) is 31.7 Å². The van der Waals surface area contributed by atoms with Gasteiger partial charge < -0.3 is 4.74 Å². The van der Waals surface area contributed by atoms with Crippen molar-refractivity contribution >= 4 is 35.3 Å². The summed E-state index contributed by atoms with van der Waals surface area (Å²) in [6.45, 7) is 5.35. The Morgan fingerprint density at radius 3 is 2.71 bits per heavy atom. The van der Waals surface area contributed by atoms with Crippen LogP contribution in [0.2, 0.25) is 0 Å². The second-order valence-electron chi connectivity index (χ2n) is 5.21. The summed E-state index contributed by atoms with van der Waals surface area (Å²) >= 11 is 9.60. The highest BCUT2D eigenvalue weighted by atomic mass is 35.5. The van der Waals surface area contributed by atoms with Gasteiger partial charge in [-0.3, -0.25) is 4.31 Å². The lowest BCUT2D eigenvalue weighted by Gasteiger charge is -2.30. The van der Waals surface area contributed by atoms with Crippen molar-refractivity contribution in [3.05, 3.63) is 23.8 Å². The molecular formula is C16H24ClNOS2. The second kappa shape index (κ2) is 9.19. The van der Waals surface area contributed by atoms with E-state index in [1.165, 1.54) is 30.8 Å². The zero-order valence-corrected chi connectivity index (χ0v) is 15.2. The van der Waals surface area contributed by atoms with Crippen LogP contribution < -0.4 is 4.74 Å². The second-order valence-corrected chi connectivity index (χ2v) is 7.67. The van der Waals surface area contributed by atoms with Crippen LogP contribution in [0.15, 0.2) is 23.1 Å². The highest BCUT2D eigenvalue weighted by Crippen LogP contribution is 2.32. The van der Waals surface area contributed by atoms with Gasteiger partial charge in [-0.05, 0) is 48.5 Å². The molecule has 0 aliphatic carbocycles. The third kappa shape index (κ3) is 5.27. The van der Waals surface area contributed by atoms with E-state index in [-0.39, 0.29) is 0 Å². The van der Waals surface area contributed by atoms with Crippen molar-refractivity contribution in [2.45, 2.75) is 30.5 Å². The first kappa shape index (κ1) is 17.3. The van der Waals surface area contributed by atoms with Crippen molar-refractivity contribution < 1.29 is 4.74 Å². The topological polar surface area (TPSA) is 12.5 Å². The number of ether oxygens (including phenoxy) is 1. The molecule has 5 heteroatoms. The normalized spacial score (nSPS) is 17.1. The van der Waals surface area contributed by atoms with Gasteiger partial charge in [0.2, 0.25) is 0 Å². The molecule has 0 atom stereocenters. The van der Waals surface area contributed by atoms with E-state index in [1.54, 1.807) is 0 Å². The van der Waals surface area contributed by atoms with Gasteiger partial charge in [0.15, 0.2) is 0 Å². The molecule has 1 aliphatic rings. The van der Waals surface area contributed by atoms with E-state index in [1.807, 2.05) is 23.7 Å². The van der Waals surface area contributed by atoms with Crippen molar-refractivity contribution in [3.8, 4) is 5.75 Å². The number of thioether (sulfide) groups is 1. The van der Waals surface area contributed by atoms with Gasteiger partial charge in [-0.1, -0.05) is 24.9 Å². The van der Waals surface area contributed by atoms with Crippen LogP contribution in [0, 0.1) is 5.92 Å². The van der Waals surface area contributed by atoms with Crippen LogP contribution in [0.4, 0.5) is 0 Å². The van der Waals surface area contributed by atoms with E-state index in [4.69, 9.17) is 16.3 Å². The maximum Gasteiger partial charge on any atom is 0.132 e. The van der Waals surface area contributed by atoms with Crippen LogP contribution in [0.1, 0.15) is 25.3 Å². The molecule has 2 rings (SSSR count). The number of nitrogens with zero attached hydrogens (tertiary/aromatic N) is 1. The molecule has 0 amide bonds. The van der Waals surface area contributed by atoms with E-state index in [0.29, 0.717) is 11.8 Å². The van der Waals surface area contributed by atoms with Crippen molar-refractivity contribution in [2.24, 2.45) is 5.92 Å². The van der Waals surface area contributed by atoms with E-state index >= 15 is 0 Å². The number of rotatable bonds is 7. The van der Waals surface area contributed by atoms with Crippen LogP contribution in [0.3, 0.4) is 0 Å². The summed E-state index contributed by atoms with van der Waals surface area (Å²) in [4.78, 5) is 1.22. The maximum absolute atomic E-state index is 6.11. The lowest BCUT2D eigenvalue weighted by atomic mass is 9.99. The number of hydrogen-bond donors (Lipinski definition) is 0. The Balaban J connectivity index is 1.90. The summed E-state index contributed by atoms with van der Waals surface area (Å²) < 4.78 is 8.54. The van der Waals surface area contributed by atoms with Gasteiger partial charge in [-0.15, -0.1) is 23.4 Å². The number of benzene rings is 1. The van der Waals surface area contributed by atoms with Crippen molar-refractivity contribution in [3.63, 3.8) is 0 Å². The molecule has 0 radical (unpaired) electrons. The van der Waals surface area contributed by atoms with Crippen LogP contribution in [-0.4, -0.2) is 36.0 Å². The lowest BCUT2D eigenvalue weighted by molar-refractivity contribution is 0.188. The number of piperidine rings is 1. The zero-order valence-electron chi connectivity index (χ0n) is 12.8. The summed E-state index contributed by atoms with van der Waals surface area (Å²) in [6, 6.07) is 6.30. The van der Waals surface area contributed by atoms with Crippen molar-refractivity contribution in [1.29, 1.82) is 0 Å². The minimum absolute atomic E-state index is 0.560. The molecule has 0 bridgehead atoms. The molecule has 118 valence electrons. The fraction of sp³-hybridized carbons (Fsp3) is 0.625. The quantitative estimate of drug-likeness (QED) is 0.395. The third-order valence-corrected chi connectivity index (χ3v) is 5.88. The van der Waals surface area contributed by atoms with Crippen LogP contribution in [0.5, 0.6) is 5.75 Å². The molecule has 1 aromatic carbocycles. The molecule has 0 N–H and O–H groups in total. The molecule has 1 fully saturated rings. The van der Waals surface area contributed by atoms with Gasteiger partial charge in [0.25, 0.3) is 0 Å². The Hall–Kier alpha value is -0.0300. The van der Waals surface area contributed by atoms with Gasteiger partial charge in [-0.25, -0.2) is 0 Å². The highest BCUT2D eigenvalue weighted by molar-refractivity contribution is 7.99. The summed E-state index contributed by atoms with van der Waals surface area (Å²) in [5, 5.41) is 0. The lowest BCUT2D eigenvalue weighted by Crippen LogP contribution is -2.30. The molecule has 0 unspecified atom stereocenters. The summed E-state index contributed by atoms with van der Waals surface area (Å²) in [5.41, 5.74) is 1.16. The summed E-state index contributed by atoms with van der Waals surface area (Å²) in [5.74, 6) is 3.31. The molecule has 1 saturated heterocycles. The standard InChI is InChI=1S/C16H24ClNOS2/c1-3-21-16-10-14(11-17)4-5-15(16)19-12-13-6-8-18(20-2)9-7-13/h4-5,10,13H,3,6-9,11-12H2,1-2H3. The predicted octanol–water partition coefficient (Wildman–Crippen LogP) is 4.91. The molecule has 1 aromatic rings. The summed E-state index contributed by atoms with van der Waals surface area (Å²) in [7, 11) is 0. The smallest absolute Gasteiger partial charge is 0.132 e. The Bertz CT molecular complexity index is 436. The molecule has 0 aromatic heterocycles. The Kier molecular flexibility index (Phi) is 7.58. The minimum atomic E-state index is 0.560. The third-order valence-electron chi connectivity index (χ3n) is 3.77. The molecule has 1 aliphatic heterocycles.